The van der Waals surface area contributed by atoms with Crippen molar-refractivity contribution in [2.45, 2.75) is 19.1 Å². The lowest BCUT2D eigenvalue weighted by Gasteiger charge is -2.16. The van der Waals surface area contributed by atoms with Crippen molar-refractivity contribution in [2.75, 3.05) is 6.54 Å². The zero-order chi connectivity index (χ0) is 12.1. The molecule has 0 fully saturated rings. The van der Waals surface area contributed by atoms with Gasteiger partial charge in [-0.1, -0.05) is 36.4 Å². The summed E-state index contributed by atoms with van der Waals surface area (Å²) in [6.07, 6.45) is -0.446. The molecule has 0 aliphatic rings. The fourth-order valence-electron chi connectivity index (χ4n) is 1.72. The van der Waals surface area contributed by atoms with E-state index in [1.165, 1.54) is 4.88 Å². The molecule has 2 rings (SSSR count). The van der Waals surface area contributed by atoms with Gasteiger partial charge in [0.25, 0.3) is 0 Å². The van der Waals surface area contributed by atoms with Crippen molar-refractivity contribution in [3.8, 4) is 0 Å². The van der Waals surface area contributed by atoms with Gasteiger partial charge < -0.3 is 10.4 Å². The summed E-state index contributed by atoms with van der Waals surface area (Å²) >= 11 is 1.73. The average Bonchev–Trinajstić information content (AvgIpc) is 2.90. The van der Waals surface area contributed by atoms with Gasteiger partial charge in [-0.3, -0.25) is 0 Å². The molecule has 90 valence electrons. The monoisotopic (exact) mass is 247 g/mol. The fraction of sp³-hybridized carbons (Fsp3) is 0.286. The molecule has 0 aliphatic heterocycles. The summed E-state index contributed by atoms with van der Waals surface area (Å²) in [5, 5.41) is 15.4. The number of nitrogens with one attached hydrogen (secondary N) is 1. The normalized spacial score (nSPS) is 14.5. The molecule has 0 aliphatic carbocycles. The number of aliphatic hydroxyl groups excluding tert-OH is 1. The lowest BCUT2D eigenvalue weighted by molar-refractivity contribution is 0.171. The largest absolute Gasteiger partial charge is 0.387 e. The van der Waals surface area contributed by atoms with Crippen LogP contribution in [0.5, 0.6) is 0 Å². The molecule has 2 nitrogen and oxygen atoms in total. The highest BCUT2D eigenvalue weighted by Gasteiger charge is 2.10. The minimum atomic E-state index is -0.446. The summed E-state index contributed by atoms with van der Waals surface area (Å²) in [6.45, 7) is 2.69. The van der Waals surface area contributed by atoms with Crippen LogP contribution >= 0.6 is 11.3 Å². The second kappa shape index (κ2) is 5.96. The van der Waals surface area contributed by atoms with Crippen molar-refractivity contribution < 1.29 is 5.11 Å². The van der Waals surface area contributed by atoms with Crippen LogP contribution in [0.4, 0.5) is 0 Å². The maximum Gasteiger partial charge on any atom is 0.0914 e. The van der Waals surface area contributed by atoms with Crippen molar-refractivity contribution >= 4 is 11.3 Å². The van der Waals surface area contributed by atoms with Crippen LogP contribution in [0.1, 0.15) is 29.5 Å². The van der Waals surface area contributed by atoms with Crippen LogP contribution in [-0.2, 0) is 0 Å². The molecule has 1 aromatic carbocycles. The highest BCUT2D eigenvalue weighted by molar-refractivity contribution is 7.10. The summed E-state index contributed by atoms with van der Waals surface area (Å²) in [5.74, 6) is 0. The molecule has 2 aromatic rings. The summed E-state index contributed by atoms with van der Waals surface area (Å²) in [4.78, 5) is 1.30. The van der Waals surface area contributed by atoms with Crippen LogP contribution in [0.25, 0.3) is 0 Å². The topological polar surface area (TPSA) is 32.3 Å². The first-order chi connectivity index (χ1) is 8.27. The van der Waals surface area contributed by atoms with E-state index in [-0.39, 0.29) is 6.04 Å². The second-order valence-corrected chi connectivity index (χ2v) is 5.05. The molecule has 3 heteroatoms. The van der Waals surface area contributed by atoms with Gasteiger partial charge in [0.1, 0.15) is 0 Å². The Morgan fingerprint density at radius 2 is 1.94 bits per heavy atom. The van der Waals surface area contributed by atoms with Crippen LogP contribution in [0, 0.1) is 0 Å². The first-order valence-corrected chi connectivity index (χ1v) is 6.65. The molecule has 0 radical (unpaired) electrons. The molecule has 17 heavy (non-hydrogen) atoms. The quantitative estimate of drug-likeness (QED) is 0.850. The Morgan fingerprint density at radius 1 is 1.18 bits per heavy atom. The summed E-state index contributed by atoms with van der Waals surface area (Å²) in [6, 6.07) is 14.2. The van der Waals surface area contributed by atoms with E-state index in [9.17, 15) is 5.11 Å². The van der Waals surface area contributed by atoms with Crippen LogP contribution < -0.4 is 5.32 Å². The Balaban J connectivity index is 1.86. The van der Waals surface area contributed by atoms with Gasteiger partial charge in [0.05, 0.1) is 6.10 Å². The zero-order valence-electron chi connectivity index (χ0n) is 9.84. The molecule has 1 heterocycles. The number of thiophene rings is 1. The fourth-order valence-corrected chi connectivity index (χ4v) is 2.48. The highest BCUT2D eigenvalue weighted by atomic mass is 32.1. The van der Waals surface area contributed by atoms with Gasteiger partial charge in [0, 0.05) is 17.5 Å². The van der Waals surface area contributed by atoms with E-state index in [1.54, 1.807) is 11.3 Å². The first kappa shape index (κ1) is 12.3. The zero-order valence-corrected chi connectivity index (χ0v) is 10.7. The second-order valence-electron chi connectivity index (χ2n) is 4.07. The van der Waals surface area contributed by atoms with Crippen LogP contribution in [0.15, 0.2) is 47.8 Å². The van der Waals surface area contributed by atoms with Gasteiger partial charge >= 0.3 is 0 Å². The summed E-state index contributed by atoms with van der Waals surface area (Å²) in [7, 11) is 0. The molecule has 0 saturated carbocycles. The molecule has 0 bridgehead atoms. The van der Waals surface area contributed by atoms with Crippen LogP contribution in [0.2, 0.25) is 0 Å². The molecule has 2 N–H and O–H groups in total. The van der Waals surface area contributed by atoms with Crippen molar-refractivity contribution in [2.24, 2.45) is 0 Å². The molecular formula is C14H17NOS. The Bertz CT molecular complexity index is 427. The Labute approximate surface area is 106 Å². The number of benzene rings is 1. The number of hydrogen-bond donors (Lipinski definition) is 2. The molecule has 0 amide bonds. The Hall–Kier alpha value is -1.16. The molecule has 2 atom stereocenters. The molecule has 0 spiro atoms. The van der Waals surface area contributed by atoms with Crippen LogP contribution in [-0.4, -0.2) is 11.7 Å². The third-order valence-corrected chi connectivity index (χ3v) is 3.83. The van der Waals surface area contributed by atoms with Crippen LogP contribution in [0.3, 0.4) is 0 Å². The molecule has 1 aromatic heterocycles. The molecule has 1 unspecified atom stereocenters. The Morgan fingerprint density at radius 3 is 2.59 bits per heavy atom. The van der Waals surface area contributed by atoms with E-state index in [1.807, 2.05) is 36.4 Å². The highest BCUT2D eigenvalue weighted by Crippen LogP contribution is 2.19. The van der Waals surface area contributed by atoms with Gasteiger partial charge in [0.2, 0.25) is 0 Å². The van der Waals surface area contributed by atoms with Gasteiger partial charge in [-0.25, -0.2) is 0 Å². The van der Waals surface area contributed by atoms with E-state index in [0.29, 0.717) is 6.54 Å². The number of aliphatic hydroxyl groups is 1. The maximum atomic E-state index is 10.0. The minimum Gasteiger partial charge on any atom is -0.387 e. The van der Waals surface area contributed by atoms with E-state index < -0.39 is 6.10 Å². The third-order valence-electron chi connectivity index (χ3n) is 2.77. The summed E-state index contributed by atoms with van der Waals surface area (Å²) < 4.78 is 0. The lowest BCUT2D eigenvalue weighted by Crippen LogP contribution is -2.24. The molecule has 0 saturated heterocycles. The predicted octanol–water partition coefficient (Wildman–Crippen LogP) is 3.13. The molecular weight excluding hydrogens is 230 g/mol. The van der Waals surface area contributed by atoms with Crippen molar-refractivity contribution in [1.82, 2.24) is 5.32 Å². The van der Waals surface area contributed by atoms with Crippen molar-refractivity contribution in [1.29, 1.82) is 0 Å². The van der Waals surface area contributed by atoms with E-state index in [4.69, 9.17) is 0 Å². The van der Waals surface area contributed by atoms with Crippen molar-refractivity contribution in [3.63, 3.8) is 0 Å². The first-order valence-electron chi connectivity index (χ1n) is 5.77. The number of rotatable bonds is 5. The van der Waals surface area contributed by atoms with Gasteiger partial charge in [0.15, 0.2) is 0 Å². The van der Waals surface area contributed by atoms with Gasteiger partial charge in [-0.15, -0.1) is 11.3 Å². The maximum absolute atomic E-state index is 10.0. The standard InChI is InChI=1S/C14H17NOS/c1-11(14-8-5-9-17-14)15-10-13(16)12-6-3-2-4-7-12/h2-9,11,13,15-16H,10H2,1H3/t11-,13?/m0/s1. The Kier molecular flexibility index (Phi) is 4.31. The smallest absolute Gasteiger partial charge is 0.0914 e. The van der Waals surface area contributed by atoms with Gasteiger partial charge in [-0.05, 0) is 23.9 Å². The van der Waals surface area contributed by atoms with E-state index in [2.05, 4.69) is 23.7 Å². The minimum absolute atomic E-state index is 0.286. The summed E-state index contributed by atoms with van der Waals surface area (Å²) in [5.41, 5.74) is 0.957. The van der Waals surface area contributed by atoms with Gasteiger partial charge in [-0.2, -0.15) is 0 Å². The van der Waals surface area contributed by atoms with Crippen molar-refractivity contribution in [3.05, 3.63) is 58.3 Å². The van der Waals surface area contributed by atoms with E-state index >= 15 is 0 Å². The number of hydrogen-bond acceptors (Lipinski definition) is 3. The third kappa shape index (κ3) is 3.40. The van der Waals surface area contributed by atoms with E-state index in [0.717, 1.165) is 5.56 Å². The SMILES string of the molecule is C[C@H](NCC(O)c1ccccc1)c1cccs1. The predicted molar refractivity (Wildman–Crippen MR) is 72.1 cm³/mol. The lowest BCUT2D eigenvalue weighted by atomic mass is 10.1. The average molecular weight is 247 g/mol.